The Morgan fingerprint density at radius 3 is 2.68 bits per heavy atom. The fourth-order valence-electron chi connectivity index (χ4n) is 3.65. The molecule has 1 aromatic carbocycles. The molecule has 0 aliphatic rings. The molecule has 9 heteroatoms. The van der Waals surface area contributed by atoms with Crippen LogP contribution in [0, 0.1) is 19.7 Å². The fourth-order valence-corrected chi connectivity index (χ4v) is 3.65. The van der Waals surface area contributed by atoms with Gasteiger partial charge in [-0.15, -0.1) is 10.2 Å². The first-order valence-electron chi connectivity index (χ1n) is 10.1. The summed E-state index contributed by atoms with van der Waals surface area (Å²) in [7, 11) is 5.87. The molecule has 0 atom stereocenters. The molecule has 0 fully saturated rings. The van der Waals surface area contributed by atoms with E-state index in [9.17, 15) is 4.39 Å². The van der Waals surface area contributed by atoms with Crippen LogP contribution in [0.4, 0.5) is 4.39 Å². The van der Waals surface area contributed by atoms with Crippen molar-refractivity contribution in [2.75, 3.05) is 20.7 Å². The van der Waals surface area contributed by atoms with Gasteiger partial charge in [-0.2, -0.15) is 5.10 Å². The third-order valence-electron chi connectivity index (χ3n) is 5.31. The number of aryl methyl sites for hydroxylation is 2. The maximum absolute atomic E-state index is 14.0. The summed E-state index contributed by atoms with van der Waals surface area (Å²) in [6.45, 7) is 5.07. The number of aromatic nitrogens is 6. The molecule has 4 aromatic rings. The van der Waals surface area contributed by atoms with Gasteiger partial charge in [-0.3, -0.25) is 14.1 Å². The van der Waals surface area contributed by atoms with Crippen LogP contribution in [0.3, 0.4) is 0 Å². The van der Waals surface area contributed by atoms with Crippen LogP contribution >= 0.6 is 0 Å². The second-order valence-corrected chi connectivity index (χ2v) is 7.87. The largest absolute Gasteiger partial charge is 0.492 e. The van der Waals surface area contributed by atoms with Crippen molar-refractivity contribution in [3.05, 3.63) is 59.2 Å². The molecular weight excluding hydrogens is 397 g/mol. The number of benzene rings is 1. The van der Waals surface area contributed by atoms with Crippen molar-refractivity contribution in [3.8, 4) is 17.0 Å². The molecule has 0 unspecified atom stereocenters. The number of hydrogen-bond acceptors (Lipinski definition) is 6. The van der Waals surface area contributed by atoms with Gasteiger partial charge in [-0.25, -0.2) is 4.39 Å². The molecule has 31 heavy (non-hydrogen) atoms. The van der Waals surface area contributed by atoms with E-state index in [-0.39, 0.29) is 5.82 Å². The Labute approximate surface area is 180 Å². The quantitative estimate of drug-likeness (QED) is 0.455. The van der Waals surface area contributed by atoms with Gasteiger partial charge in [0.05, 0.1) is 30.7 Å². The van der Waals surface area contributed by atoms with Crippen LogP contribution in [0.1, 0.15) is 22.8 Å². The van der Waals surface area contributed by atoms with Crippen LogP contribution < -0.4 is 4.74 Å². The zero-order chi connectivity index (χ0) is 22.1. The molecule has 0 spiro atoms. The summed E-state index contributed by atoms with van der Waals surface area (Å²) >= 11 is 0. The Balaban J connectivity index is 1.62. The lowest BCUT2D eigenvalue weighted by Crippen LogP contribution is -2.13. The first kappa shape index (κ1) is 20.9. The highest BCUT2D eigenvalue weighted by atomic mass is 19.1. The molecule has 3 aromatic heterocycles. The van der Waals surface area contributed by atoms with Crippen LogP contribution in [0.25, 0.3) is 16.9 Å². The smallest absolute Gasteiger partial charge is 0.179 e. The van der Waals surface area contributed by atoms with Crippen molar-refractivity contribution in [2.24, 2.45) is 7.05 Å². The molecule has 4 rings (SSSR count). The topological polar surface area (TPSA) is 73.4 Å². The zero-order valence-electron chi connectivity index (χ0n) is 18.4. The van der Waals surface area contributed by atoms with E-state index in [4.69, 9.17) is 4.74 Å². The van der Waals surface area contributed by atoms with Crippen molar-refractivity contribution in [1.82, 2.24) is 34.3 Å². The normalized spacial score (nSPS) is 11.6. The molecule has 0 N–H and O–H groups in total. The van der Waals surface area contributed by atoms with Gasteiger partial charge in [-0.1, -0.05) is 0 Å². The highest BCUT2D eigenvalue weighted by Gasteiger charge is 2.14. The third kappa shape index (κ3) is 4.27. The van der Waals surface area contributed by atoms with Crippen LogP contribution in [-0.4, -0.2) is 55.0 Å². The van der Waals surface area contributed by atoms with E-state index >= 15 is 0 Å². The van der Waals surface area contributed by atoms with E-state index in [1.54, 1.807) is 12.3 Å². The lowest BCUT2D eigenvalue weighted by molar-refractivity contribution is 0.321. The van der Waals surface area contributed by atoms with E-state index in [0.29, 0.717) is 42.2 Å². The number of ether oxygens (including phenoxy) is 1. The van der Waals surface area contributed by atoms with E-state index in [1.165, 1.54) is 12.1 Å². The Kier molecular flexibility index (Phi) is 5.69. The fraction of sp³-hybridized carbons (Fsp3) is 0.364. The summed E-state index contributed by atoms with van der Waals surface area (Å²) in [5.74, 6) is 0.898. The standard InChI is InChI=1S/C22H26FN7O/c1-14-17(15(2)29(5)27-14)8-9-31-20-10-16(23)6-7-18(20)19-12-30-21(11-24-19)25-26-22(30)13-28(3)4/h6-7,10-12H,8-9,13H2,1-5H3. The van der Waals surface area contributed by atoms with Crippen molar-refractivity contribution in [3.63, 3.8) is 0 Å². The van der Waals surface area contributed by atoms with Crippen molar-refractivity contribution in [1.29, 1.82) is 0 Å². The number of halogens is 1. The lowest BCUT2D eigenvalue weighted by Gasteiger charge is -2.13. The minimum absolute atomic E-state index is 0.355. The molecule has 0 amide bonds. The average Bonchev–Trinajstić information content (AvgIpc) is 3.22. The third-order valence-corrected chi connectivity index (χ3v) is 5.31. The highest BCUT2D eigenvalue weighted by molar-refractivity contribution is 5.67. The van der Waals surface area contributed by atoms with Crippen LogP contribution in [0.2, 0.25) is 0 Å². The van der Waals surface area contributed by atoms with Crippen LogP contribution in [0.5, 0.6) is 5.75 Å². The summed E-state index contributed by atoms with van der Waals surface area (Å²) in [5, 5.41) is 12.9. The van der Waals surface area contributed by atoms with Gasteiger partial charge in [0.2, 0.25) is 0 Å². The highest BCUT2D eigenvalue weighted by Crippen LogP contribution is 2.30. The Bertz CT molecular complexity index is 1230. The Morgan fingerprint density at radius 2 is 1.97 bits per heavy atom. The first-order valence-corrected chi connectivity index (χ1v) is 10.1. The van der Waals surface area contributed by atoms with E-state index < -0.39 is 0 Å². The van der Waals surface area contributed by atoms with Crippen LogP contribution in [0.15, 0.2) is 30.6 Å². The molecule has 3 heterocycles. The van der Waals surface area contributed by atoms with Gasteiger partial charge in [0.15, 0.2) is 11.5 Å². The van der Waals surface area contributed by atoms with E-state index in [2.05, 4.69) is 20.3 Å². The van der Waals surface area contributed by atoms with Gasteiger partial charge in [-0.05, 0) is 45.6 Å². The zero-order valence-corrected chi connectivity index (χ0v) is 18.4. The second-order valence-electron chi connectivity index (χ2n) is 7.87. The minimum Gasteiger partial charge on any atom is -0.492 e. The van der Waals surface area contributed by atoms with Gasteiger partial charge in [0.1, 0.15) is 11.6 Å². The van der Waals surface area contributed by atoms with Crippen molar-refractivity contribution < 1.29 is 9.13 Å². The van der Waals surface area contributed by atoms with Gasteiger partial charge >= 0.3 is 0 Å². The number of hydrogen-bond donors (Lipinski definition) is 0. The summed E-state index contributed by atoms with van der Waals surface area (Å²) < 4.78 is 23.8. The van der Waals surface area contributed by atoms with Crippen LogP contribution in [-0.2, 0) is 20.0 Å². The molecule has 0 aliphatic carbocycles. The SMILES string of the molecule is Cc1nn(C)c(C)c1CCOc1cc(F)ccc1-c1cn2c(CN(C)C)nnc2cn1. The first-order chi connectivity index (χ1) is 14.8. The Morgan fingerprint density at radius 1 is 1.16 bits per heavy atom. The molecule has 0 bridgehead atoms. The van der Waals surface area contributed by atoms with Gasteiger partial charge in [0.25, 0.3) is 0 Å². The maximum atomic E-state index is 14.0. The monoisotopic (exact) mass is 423 g/mol. The predicted molar refractivity (Wildman–Crippen MR) is 115 cm³/mol. The molecule has 162 valence electrons. The van der Waals surface area contributed by atoms with Gasteiger partial charge < -0.3 is 9.64 Å². The molecule has 0 radical (unpaired) electrons. The number of nitrogens with zero attached hydrogens (tertiary/aromatic N) is 7. The Hall–Kier alpha value is -3.33. The average molecular weight is 423 g/mol. The number of rotatable bonds is 7. The number of fused-ring (bicyclic) bond motifs is 1. The van der Waals surface area contributed by atoms with Crippen molar-refractivity contribution in [2.45, 2.75) is 26.8 Å². The summed E-state index contributed by atoms with van der Waals surface area (Å²) in [4.78, 5) is 6.52. The molecular formula is C22H26FN7O. The summed E-state index contributed by atoms with van der Waals surface area (Å²) in [5.41, 5.74) is 5.28. The summed E-state index contributed by atoms with van der Waals surface area (Å²) in [6.07, 6.45) is 4.22. The van der Waals surface area contributed by atoms with E-state index in [1.807, 2.05) is 55.2 Å². The maximum Gasteiger partial charge on any atom is 0.179 e. The van der Waals surface area contributed by atoms with Gasteiger partial charge in [0, 0.05) is 37.0 Å². The van der Waals surface area contributed by atoms with Crippen molar-refractivity contribution >= 4 is 5.65 Å². The molecule has 0 aliphatic heterocycles. The summed E-state index contributed by atoms with van der Waals surface area (Å²) in [6, 6.07) is 4.50. The minimum atomic E-state index is -0.355. The second kappa shape index (κ2) is 8.43. The predicted octanol–water partition coefficient (Wildman–Crippen LogP) is 2.96. The molecule has 8 nitrogen and oxygen atoms in total. The molecule has 0 saturated carbocycles. The molecule has 0 saturated heterocycles. The lowest BCUT2D eigenvalue weighted by atomic mass is 10.1. The van der Waals surface area contributed by atoms with E-state index in [0.717, 1.165) is 22.8 Å².